The monoisotopic (exact) mass is 315 g/mol. The van der Waals surface area contributed by atoms with E-state index in [9.17, 15) is 9.90 Å². The van der Waals surface area contributed by atoms with E-state index in [2.05, 4.69) is 20.5 Å². The standard InChI is InChI=1S/C16H21N5O2/c1-11-18-15(20-19-11)13-5-2-4-12(8-13)9-17-16(23)21-7-3-6-14(21)10-22/h2,4-5,8,14,22H,3,6-7,9-10H2,1H3,(H,17,23)(H,18,19,20)/t14-/m1/s1. The van der Waals surface area contributed by atoms with Gasteiger partial charge in [-0.2, -0.15) is 5.10 Å². The minimum absolute atomic E-state index is 0.0209. The smallest absolute Gasteiger partial charge is 0.317 e. The van der Waals surface area contributed by atoms with Gasteiger partial charge in [-0.1, -0.05) is 18.2 Å². The molecule has 0 unspecified atom stereocenters. The third-order valence-electron chi connectivity index (χ3n) is 4.07. The summed E-state index contributed by atoms with van der Waals surface area (Å²) in [5, 5.41) is 19.2. The third-order valence-corrected chi connectivity index (χ3v) is 4.07. The highest BCUT2D eigenvalue weighted by Gasteiger charge is 2.27. The van der Waals surface area contributed by atoms with Crippen LogP contribution in [0.4, 0.5) is 4.79 Å². The largest absolute Gasteiger partial charge is 0.394 e. The fourth-order valence-corrected chi connectivity index (χ4v) is 2.86. The number of aliphatic hydroxyl groups excluding tert-OH is 1. The van der Waals surface area contributed by atoms with Gasteiger partial charge in [0.05, 0.1) is 12.6 Å². The molecule has 0 aliphatic carbocycles. The highest BCUT2D eigenvalue weighted by Crippen LogP contribution is 2.18. The number of aryl methyl sites for hydroxylation is 1. The number of carbonyl (C=O) groups is 1. The van der Waals surface area contributed by atoms with Gasteiger partial charge in [-0.15, -0.1) is 0 Å². The molecule has 1 aliphatic rings. The Bertz CT molecular complexity index is 685. The molecule has 3 N–H and O–H groups in total. The number of carbonyl (C=O) groups excluding carboxylic acids is 1. The second-order valence-corrected chi connectivity index (χ2v) is 5.78. The van der Waals surface area contributed by atoms with E-state index in [1.807, 2.05) is 31.2 Å². The zero-order valence-electron chi connectivity index (χ0n) is 13.1. The zero-order valence-corrected chi connectivity index (χ0v) is 13.1. The lowest BCUT2D eigenvalue weighted by molar-refractivity contribution is 0.157. The number of nitrogens with zero attached hydrogens (tertiary/aromatic N) is 3. The van der Waals surface area contributed by atoms with Crippen LogP contribution in [0.25, 0.3) is 11.4 Å². The molecule has 0 bridgehead atoms. The van der Waals surface area contributed by atoms with E-state index in [0.29, 0.717) is 18.9 Å². The Balaban J connectivity index is 1.63. The van der Waals surface area contributed by atoms with Crippen LogP contribution in [0.5, 0.6) is 0 Å². The van der Waals surface area contributed by atoms with Gasteiger partial charge in [0.25, 0.3) is 0 Å². The van der Waals surface area contributed by atoms with Gasteiger partial charge in [0.2, 0.25) is 0 Å². The number of urea groups is 1. The van der Waals surface area contributed by atoms with Gasteiger partial charge >= 0.3 is 6.03 Å². The average molecular weight is 315 g/mol. The van der Waals surface area contributed by atoms with Gasteiger partial charge in [0.15, 0.2) is 5.82 Å². The molecule has 23 heavy (non-hydrogen) atoms. The van der Waals surface area contributed by atoms with E-state index in [1.165, 1.54) is 0 Å². The van der Waals surface area contributed by atoms with Crippen LogP contribution in [0.2, 0.25) is 0 Å². The molecule has 2 heterocycles. The summed E-state index contributed by atoms with van der Waals surface area (Å²) in [6.45, 7) is 3.01. The first kappa shape index (κ1) is 15.5. The first-order valence-electron chi connectivity index (χ1n) is 7.81. The number of aromatic amines is 1. The highest BCUT2D eigenvalue weighted by atomic mass is 16.3. The SMILES string of the molecule is Cc1nc(-c2cccc(CNC(=O)N3CCC[C@@H]3CO)c2)n[nH]1. The lowest BCUT2D eigenvalue weighted by Crippen LogP contribution is -2.43. The van der Waals surface area contributed by atoms with Crippen molar-refractivity contribution in [3.05, 3.63) is 35.7 Å². The number of likely N-dealkylation sites (tertiary alicyclic amines) is 1. The molecule has 1 aromatic carbocycles. The normalized spacial score (nSPS) is 17.5. The maximum Gasteiger partial charge on any atom is 0.317 e. The second-order valence-electron chi connectivity index (χ2n) is 5.78. The van der Waals surface area contributed by atoms with Crippen molar-refractivity contribution < 1.29 is 9.90 Å². The molecule has 1 aliphatic heterocycles. The van der Waals surface area contributed by atoms with Crippen LogP contribution in [0.15, 0.2) is 24.3 Å². The maximum absolute atomic E-state index is 12.2. The van der Waals surface area contributed by atoms with E-state index >= 15 is 0 Å². The Kier molecular flexibility index (Phi) is 4.57. The number of nitrogens with one attached hydrogen (secondary N) is 2. The Morgan fingerprint density at radius 1 is 1.52 bits per heavy atom. The molecule has 7 heteroatoms. The maximum atomic E-state index is 12.2. The van der Waals surface area contributed by atoms with Crippen molar-refractivity contribution in [2.45, 2.75) is 32.4 Å². The summed E-state index contributed by atoms with van der Waals surface area (Å²) < 4.78 is 0. The molecule has 7 nitrogen and oxygen atoms in total. The quantitative estimate of drug-likeness (QED) is 0.796. The van der Waals surface area contributed by atoms with Gasteiger partial charge in [0.1, 0.15) is 5.82 Å². The summed E-state index contributed by atoms with van der Waals surface area (Å²) in [5.74, 6) is 1.42. The molecule has 2 amide bonds. The Hall–Kier alpha value is -2.41. The predicted molar refractivity (Wildman–Crippen MR) is 85.6 cm³/mol. The number of benzene rings is 1. The van der Waals surface area contributed by atoms with Gasteiger partial charge in [0, 0.05) is 18.7 Å². The molecular formula is C16H21N5O2. The topological polar surface area (TPSA) is 94.1 Å². The third kappa shape index (κ3) is 3.50. The van der Waals surface area contributed by atoms with Crippen LogP contribution >= 0.6 is 0 Å². The van der Waals surface area contributed by atoms with Crippen LogP contribution in [0.1, 0.15) is 24.2 Å². The molecule has 0 radical (unpaired) electrons. The number of aliphatic hydroxyl groups is 1. The van der Waals surface area contributed by atoms with E-state index < -0.39 is 0 Å². The number of hydrogen-bond donors (Lipinski definition) is 3. The van der Waals surface area contributed by atoms with Crippen LogP contribution in [0, 0.1) is 6.92 Å². The fraction of sp³-hybridized carbons (Fsp3) is 0.438. The number of aromatic nitrogens is 3. The predicted octanol–water partition coefficient (Wildman–Crippen LogP) is 1.45. The van der Waals surface area contributed by atoms with Crippen LogP contribution in [-0.4, -0.2) is 50.4 Å². The molecule has 122 valence electrons. The molecular weight excluding hydrogens is 294 g/mol. The van der Waals surface area contributed by atoms with E-state index in [-0.39, 0.29) is 18.7 Å². The number of amides is 2. The van der Waals surface area contributed by atoms with Gasteiger partial charge in [-0.3, -0.25) is 5.10 Å². The van der Waals surface area contributed by atoms with Gasteiger partial charge in [-0.25, -0.2) is 9.78 Å². The molecule has 1 aromatic heterocycles. The minimum atomic E-state index is -0.124. The van der Waals surface area contributed by atoms with Gasteiger partial charge in [-0.05, 0) is 31.4 Å². The van der Waals surface area contributed by atoms with E-state index in [4.69, 9.17) is 0 Å². The Morgan fingerprint density at radius 3 is 3.13 bits per heavy atom. The molecule has 0 saturated carbocycles. The summed E-state index contributed by atoms with van der Waals surface area (Å²) in [7, 11) is 0. The molecule has 3 rings (SSSR count). The summed E-state index contributed by atoms with van der Waals surface area (Å²) in [5.41, 5.74) is 1.90. The second kappa shape index (κ2) is 6.78. The summed E-state index contributed by atoms with van der Waals surface area (Å²) in [4.78, 5) is 18.2. The van der Waals surface area contributed by atoms with E-state index in [1.54, 1.807) is 4.90 Å². The molecule has 0 spiro atoms. The summed E-state index contributed by atoms with van der Waals surface area (Å²) in [6, 6.07) is 7.61. The van der Waals surface area contributed by atoms with E-state index in [0.717, 1.165) is 29.8 Å². The lowest BCUT2D eigenvalue weighted by Gasteiger charge is -2.23. The Labute approximate surface area is 134 Å². The molecule has 1 fully saturated rings. The van der Waals surface area contributed by atoms with Crippen molar-refractivity contribution in [3.63, 3.8) is 0 Å². The van der Waals surface area contributed by atoms with Crippen molar-refractivity contribution >= 4 is 6.03 Å². The van der Waals surface area contributed by atoms with Crippen LogP contribution in [0.3, 0.4) is 0 Å². The summed E-state index contributed by atoms with van der Waals surface area (Å²) in [6.07, 6.45) is 1.81. The minimum Gasteiger partial charge on any atom is -0.394 e. The molecule has 1 saturated heterocycles. The fourth-order valence-electron chi connectivity index (χ4n) is 2.86. The molecule has 1 atom stereocenters. The van der Waals surface area contributed by atoms with Crippen molar-refractivity contribution in [2.75, 3.05) is 13.2 Å². The number of H-pyrrole nitrogens is 1. The number of rotatable bonds is 4. The first-order chi connectivity index (χ1) is 11.2. The van der Waals surface area contributed by atoms with Crippen LogP contribution in [-0.2, 0) is 6.54 Å². The first-order valence-corrected chi connectivity index (χ1v) is 7.81. The zero-order chi connectivity index (χ0) is 16.2. The van der Waals surface area contributed by atoms with Crippen molar-refractivity contribution in [1.82, 2.24) is 25.4 Å². The summed E-state index contributed by atoms with van der Waals surface area (Å²) >= 11 is 0. The molecule has 2 aromatic rings. The van der Waals surface area contributed by atoms with Crippen LogP contribution < -0.4 is 5.32 Å². The van der Waals surface area contributed by atoms with Crippen molar-refractivity contribution in [3.8, 4) is 11.4 Å². The van der Waals surface area contributed by atoms with Crippen molar-refractivity contribution in [2.24, 2.45) is 0 Å². The van der Waals surface area contributed by atoms with Gasteiger partial charge < -0.3 is 15.3 Å². The lowest BCUT2D eigenvalue weighted by atomic mass is 10.1. The van der Waals surface area contributed by atoms with Crippen molar-refractivity contribution in [1.29, 1.82) is 0 Å². The Morgan fingerprint density at radius 2 is 2.39 bits per heavy atom. The highest BCUT2D eigenvalue weighted by molar-refractivity contribution is 5.75. The number of hydrogen-bond acceptors (Lipinski definition) is 4. The average Bonchev–Trinajstić information content (AvgIpc) is 3.21.